The molecular formula is C15H28N4O. The molecule has 0 atom stereocenters. The Morgan fingerprint density at radius 3 is 2.30 bits per heavy atom. The highest BCUT2D eigenvalue weighted by molar-refractivity contribution is 5.57. The van der Waals surface area contributed by atoms with E-state index < -0.39 is 0 Å². The predicted molar refractivity (Wildman–Crippen MR) is 84.4 cm³/mol. The van der Waals surface area contributed by atoms with Gasteiger partial charge in [-0.25, -0.2) is 9.97 Å². The zero-order valence-corrected chi connectivity index (χ0v) is 13.4. The van der Waals surface area contributed by atoms with Crippen LogP contribution < -0.4 is 10.6 Å². The molecule has 0 fully saturated rings. The van der Waals surface area contributed by atoms with Gasteiger partial charge in [0.1, 0.15) is 18.0 Å². The molecule has 2 N–H and O–H groups in total. The van der Waals surface area contributed by atoms with Gasteiger partial charge in [0.05, 0.1) is 5.60 Å². The van der Waals surface area contributed by atoms with Gasteiger partial charge in [-0.05, 0) is 34.1 Å². The van der Waals surface area contributed by atoms with Crippen molar-refractivity contribution in [3.63, 3.8) is 0 Å². The minimum absolute atomic E-state index is 0.207. The summed E-state index contributed by atoms with van der Waals surface area (Å²) in [7, 11) is 0. The topological polar surface area (TPSA) is 59.1 Å². The molecule has 1 heterocycles. The first-order chi connectivity index (χ1) is 9.54. The first-order valence-corrected chi connectivity index (χ1v) is 7.49. The molecule has 0 unspecified atom stereocenters. The number of hydrogen-bond acceptors (Lipinski definition) is 5. The minimum Gasteiger partial charge on any atom is -0.374 e. The second-order valence-corrected chi connectivity index (χ2v) is 5.38. The van der Waals surface area contributed by atoms with E-state index >= 15 is 0 Å². The van der Waals surface area contributed by atoms with E-state index in [4.69, 9.17) is 4.74 Å². The Balaban J connectivity index is 2.85. The van der Waals surface area contributed by atoms with E-state index in [0.29, 0.717) is 6.61 Å². The van der Waals surface area contributed by atoms with E-state index in [0.717, 1.165) is 43.1 Å². The van der Waals surface area contributed by atoms with Gasteiger partial charge in [0.25, 0.3) is 0 Å². The molecule has 0 saturated carbocycles. The lowest BCUT2D eigenvalue weighted by atomic mass is 10.1. The molecule has 0 aliphatic carbocycles. The van der Waals surface area contributed by atoms with E-state index in [-0.39, 0.29) is 5.60 Å². The van der Waals surface area contributed by atoms with Gasteiger partial charge < -0.3 is 15.4 Å². The van der Waals surface area contributed by atoms with Crippen LogP contribution in [-0.2, 0) is 11.2 Å². The van der Waals surface area contributed by atoms with Gasteiger partial charge in [-0.2, -0.15) is 0 Å². The second kappa shape index (κ2) is 8.04. The molecule has 0 aromatic carbocycles. The molecule has 0 aliphatic heterocycles. The first-order valence-electron chi connectivity index (χ1n) is 7.49. The van der Waals surface area contributed by atoms with Crippen molar-refractivity contribution in [3.05, 3.63) is 11.9 Å². The minimum atomic E-state index is -0.207. The fourth-order valence-electron chi connectivity index (χ4n) is 2.11. The quantitative estimate of drug-likeness (QED) is 0.728. The normalized spacial score (nSPS) is 11.4. The van der Waals surface area contributed by atoms with Crippen LogP contribution in [0.3, 0.4) is 0 Å². The summed E-state index contributed by atoms with van der Waals surface area (Å²) in [5, 5.41) is 6.71. The van der Waals surface area contributed by atoms with Gasteiger partial charge in [-0.1, -0.05) is 13.3 Å². The highest BCUT2D eigenvalue weighted by atomic mass is 16.5. The van der Waals surface area contributed by atoms with Crippen molar-refractivity contribution in [2.45, 2.75) is 53.1 Å². The Morgan fingerprint density at radius 1 is 1.10 bits per heavy atom. The van der Waals surface area contributed by atoms with Crippen molar-refractivity contribution in [1.29, 1.82) is 0 Å². The molecule has 0 spiro atoms. The summed E-state index contributed by atoms with van der Waals surface area (Å²) in [4.78, 5) is 8.72. The number of nitrogens with one attached hydrogen (secondary N) is 2. The fraction of sp³-hybridized carbons (Fsp3) is 0.733. The molecule has 0 bridgehead atoms. The van der Waals surface area contributed by atoms with Crippen LogP contribution in [0.5, 0.6) is 0 Å². The molecule has 0 amide bonds. The highest BCUT2D eigenvalue weighted by Crippen LogP contribution is 2.22. The van der Waals surface area contributed by atoms with E-state index in [1.54, 1.807) is 6.33 Å². The molecule has 5 nitrogen and oxygen atoms in total. The highest BCUT2D eigenvalue weighted by Gasteiger charge is 2.19. The smallest absolute Gasteiger partial charge is 0.134 e. The zero-order valence-electron chi connectivity index (χ0n) is 13.4. The average molecular weight is 280 g/mol. The Hall–Kier alpha value is -1.36. The number of hydrogen-bond donors (Lipinski definition) is 2. The number of rotatable bonds is 9. The Labute approximate surface area is 122 Å². The fourth-order valence-corrected chi connectivity index (χ4v) is 2.11. The van der Waals surface area contributed by atoms with Crippen molar-refractivity contribution in [1.82, 2.24) is 9.97 Å². The Kier molecular flexibility index (Phi) is 6.71. The summed E-state index contributed by atoms with van der Waals surface area (Å²) in [5.41, 5.74) is 0.950. The molecule has 1 rings (SSSR count). The van der Waals surface area contributed by atoms with Crippen LogP contribution in [-0.4, -0.2) is 35.3 Å². The maximum Gasteiger partial charge on any atom is 0.134 e. The van der Waals surface area contributed by atoms with Crippen molar-refractivity contribution >= 4 is 11.6 Å². The molecule has 20 heavy (non-hydrogen) atoms. The molecule has 1 aromatic heterocycles. The van der Waals surface area contributed by atoms with Crippen molar-refractivity contribution < 1.29 is 4.74 Å². The Morgan fingerprint density at radius 2 is 1.75 bits per heavy atom. The zero-order chi connectivity index (χ0) is 15.0. The van der Waals surface area contributed by atoms with Gasteiger partial charge in [0.15, 0.2) is 0 Å². The van der Waals surface area contributed by atoms with Crippen LogP contribution in [0.1, 0.15) is 46.6 Å². The summed E-state index contributed by atoms with van der Waals surface area (Å²) in [6.45, 7) is 12.7. The average Bonchev–Trinajstić information content (AvgIpc) is 2.39. The van der Waals surface area contributed by atoms with E-state index in [9.17, 15) is 0 Å². The van der Waals surface area contributed by atoms with E-state index in [1.807, 2.05) is 6.92 Å². The lowest BCUT2D eigenvalue weighted by Crippen LogP contribution is -2.34. The van der Waals surface area contributed by atoms with Gasteiger partial charge in [0, 0.05) is 25.3 Å². The van der Waals surface area contributed by atoms with Crippen LogP contribution in [0.4, 0.5) is 11.6 Å². The van der Waals surface area contributed by atoms with Gasteiger partial charge in [-0.3, -0.25) is 0 Å². The van der Waals surface area contributed by atoms with Gasteiger partial charge in [-0.15, -0.1) is 0 Å². The van der Waals surface area contributed by atoms with E-state index in [2.05, 4.69) is 48.3 Å². The van der Waals surface area contributed by atoms with Gasteiger partial charge in [0.2, 0.25) is 0 Å². The third kappa shape index (κ3) is 4.96. The summed E-state index contributed by atoms with van der Waals surface area (Å²) < 4.78 is 5.71. The van der Waals surface area contributed by atoms with Crippen molar-refractivity contribution in [3.8, 4) is 0 Å². The molecule has 0 aliphatic rings. The van der Waals surface area contributed by atoms with Crippen LogP contribution in [0.25, 0.3) is 0 Å². The lowest BCUT2D eigenvalue weighted by Gasteiger charge is -2.26. The molecule has 1 aromatic rings. The van der Waals surface area contributed by atoms with Crippen LogP contribution in [0.15, 0.2) is 6.33 Å². The molecule has 0 saturated heterocycles. The number of aromatic nitrogens is 2. The lowest BCUT2D eigenvalue weighted by molar-refractivity contribution is 0.000631. The first kappa shape index (κ1) is 16.7. The molecular weight excluding hydrogens is 252 g/mol. The van der Waals surface area contributed by atoms with Crippen LogP contribution >= 0.6 is 0 Å². The maximum absolute atomic E-state index is 5.71. The van der Waals surface area contributed by atoms with Gasteiger partial charge >= 0.3 is 0 Å². The molecule has 0 radical (unpaired) electrons. The number of ether oxygens (including phenoxy) is 1. The third-order valence-electron chi connectivity index (χ3n) is 3.01. The van der Waals surface area contributed by atoms with Crippen molar-refractivity contribution in [2.24, 2.45) is 0 Å². The molecule has 5 heteroatoms. The monoisotopic (exact) mass is 280 g/mol. The second-order valence-electron chi connectivity index (χ2n) is 5.38. The largest absolute Gasteiger partial charge is 0.374 e. The number of anilines is 2. The predicted octanol–water partition coefficient (Wildman–Crippen LogP) is 3.09. The summed E-state index contributed by atoms with van der Waals surface area (Å²) in [6, 6.07) is 0. The standard InChI is InChI=1S/C15H28N4O/c1-6-9-12-13(16-7-2)18-11-19-14(12)17-10-15(4,5)20-8-3/h11H,6-10H2,1-5H3,(H2,16,17,18,19). The van der Waals surface area contributed by atoms with Crippen molar-refractivity contribution in [2.75, 3.05) is 30.3 Å². The molecule has 114 valence electrons. The SMILES string of the molecule is CCCc1c(NCC)ncnc1NCC(C)(C)OCC. The number of nitrogens with zero attached hydrogens (tertiary/aromatic N) is 2. The summed E-state index contributed by atoms with van der Waals surface area (Å²) in [5.74, 6) is 1.84. The summed E-state index contributed by atoms with van der Waals surface area (Å²) >= 11 is 0. The third-order valence-corrected chi connectivity index (χ3v) is 3.01. The van der Waals surface area contributed by atoms with Crippen LogP contribution in [0.2, 0.25) is 0 Å². The van der Waals surface area contributed by atoms with E-state index in [1.165, 1.54) is 0 Å². The Bertz CT molecular complexity index is 407. The summed E-state index contributed by atoms with van der Waals surface area (Å²) in [6.07, 6.45) is 3.63. The maximum atomic E-state index is 5.71. The van der Waals surface area contributed by atoms with Crippen LogP contribution in [0, 0.1) is 0 Å².